The molecule has 2 atom stereocenters. The molecule has 0 rings (SSSR count). The summed E-state index contributed by atoms with van der Waals surface area (Å²) in [7, 11) is 0. The van der Waals surface area contributed by atoms with Gasteiger partial charge in [0.05, 0.1) is 32.5 Å². The molecule has 0 aromatic heterocycles. The minimum atomic E-state index is -1.21. The van der Waals surface area contributed by atoms with Gasteiger partial charge in [0.15, 0.2) is 0 Å². The second kappa shape index (κ2) is 9.50. The zero-order chi connectivity index (χ0) is 12.4. The van der Waals surface area contributed by atoms with Gasteiger partial charge in [-0.15, -0.1) is 0 Å². The third kappa shape index (κ3) is 8.58. The number of carbonyl (C=O) groups excluding carboxylic acids is 1. The van der Waals surface area contributed by atoms with Crippen LogP contribution in [0.2, 0.25) is 0 Å². The summed E-state index contributed by atoms with van der Waals surface area (Å²) in [5.41, 5.74) is 5.22. The third-order valence-corrected chi connectivity index (χ3v) is 1.93. The van der Waals surface area contributed by atoms with E-state index in [1.54, 1.807) is 6.92 Å². The summed E-state index contributed by atoms with van der Waals surface area (Å²) in [4.78, 5) is 10.6. The number of nitrogens with two attached hydrogens (primary N) is 1. The zero-order valence-corrected chi connectivity index (χ0v) is 9.87. The normalized spacial score (nSPS) is 14.5. The Hall–Kier alpha value is -0.720. The van der Waals surface area contributed by atoms with E-state index in [-0.39, 0.29) is 12.5 Å². The van der Waals surface area contributed by atoms with Crippen molar-refractivity contribution in [2.75, 3.05) is 32.9 Å². The lowest BCUT2D eigenvalue weighted by atomic mass is 10.2. The maximum atomic E-state index is 13.3. The zero-order valence-electron chi connectivity index (χ0n) is 9.87. The molecule has 0 heterocycles. The minimum absolute atomic E-state index is 0.0276. The Morgan fingerprint density at radius 3 is 2.69 bits per heavy atom. The average Bonchev–Trinajstić information content (AvgIpc) is 2.25. The summed E-state index contributed by atoms with van der Waals surface area (Å²) < 4.78 is 23.6. The van der Waals surface area contributed by atoms with Crippen molar-refractivity contribution in [1.82, 2.24) is 5.32 Å². The molecular formula is C10H21FN2O3. The van der Waals surface area contributed by atoms with Gasteiger partial charge in [-0.2, -0.15) is 0 Å². The van der Waals surface area contributed by atoms with E-state index in [1.807, 2.05) is 0 Å². The Bertz CT molecular complexity index is 193. The average molecular weight is 236 g/mol. The lowest BCUT2D eigenvalue weighted by Crippen LogP contribution is -2.35. The van der Waals surface area contributed by atoms with Gasteiger partial charge in [0.2, 0.25) is 5.91 Å². The Balaban J connectivity index is 3.47. The quantitative estimate of drug-likeness (QED) is 0.546. The third-order valence-electron chi connectivity index (χ3n) is 1.93. The molecule has 0 aromatic rings. The number of rotatable bonds is 9. The highest BCUT2D eigenvalue weighted by atomic mass is 19.1. The molecule has 0 bridgehead atoms. The molecule has 0 aliphatic heterocycles. The van der Waals surface area contributed by atoms with Crippen molar-refractivity contribution in [3.05, 3.63) is 0 Å². The summed E-state index contributed by atoms with van der Waals surface area (Å²) in [5, 5.41) is 2.40. The van der Waals surface area contributed by atoms with Crippen LogP contribution >= 0.6 is 0 Å². The first kappa shape index (κ1) is 15.3. The van der Waals surface area contributed by atoms with E-state index in [9.17, 15) is 9.18 Å². The summed E-state index contributed by atoms with van der Waals surface area (Å²) >= 11 is 0. The van der Waals surface area contributed by atoms with Crippen LogP contribution in [0, 0.1) is 0 Å². The first-order valence-electron chi connectivity index (χ1n) is 5.35. The topological polar surface area (TPSA) is 73.6 Å². The van der Waals surface area contributed by atoms with E-state index < -0.39 is 12.3 Å². The van der Waals surface area contributed by atoms with Crippen molar-refractivity contribution in [3.63, 3.8) is 0 Å². The molecule has 16 heavy (non-hydrogen) atoms. The second-order valence-corrected chi connectivity index (χ2v) is 3.43. The van der Waals surface area contributed by atoms with Gasteiger partial charge in [0, 0.05) is 13.5 Å². The van der Waals surface area contributed by atoms with Crippen molar-refractivity contribution in [2.45, 2.75) is 26.1 Å². The van der Waals surface area contributed by atoms with Crippen LogP contribution in [0.1, 0.15) is 13.8 Å². The first-order valence-corrected chi connectivity index (χ1v) is 5.35. The number of hydrogen-bond donors (Lipinski definition) is 2. The predicted molar refractivity (Wildman–Crippen MR) is 58.9 cm³/mol. The number of carbonyl (C=O) groups is 1. The second-order valence-electron chi connectivity index (χ2n) is 3.43. The maximum Gasteiger partial charge on any atom is 0.216 e. The van der Waals surface area contributed by atoms with Crippen LogP contribution in [0.3, 0.4) is 0 Å². The smallest absolute Gasteiger partial charge is 0.216 e. The lowest BCUT2D eigenvalue weighted by Gasteiger charge is -2.17. The van der Waals surface area contributed by atoms with Gasteiger partial charge in [-0.05, 0) is 6.92 Å². The highest BCUT2D eigenvalue weighted by Crippen LogP contribution is 2.02. The molecule has 2 unspecified atom stereocenters. The fraction of sp³-hybridized carbons (Fsp3) is 0.900. The van der Waals surface area contributed by atoms with Crippen LogP contribution in [-0.2, 0) is 14.3 Å². The van der Waals surface area contributed by atoms with Crippen molar-refractivity contribution in [1.29, 1.82) is 0 Å². The summed E-state index contributed by atoms with van der Waals surface area (Å²) in [6, 6.07) is 0. The van der Waals surface area contributed by atoms with Crippen LogP contribution in [-0.4, -0.2) is 51.1 Å². The van der Waals surface area contributed by atoms with Gasteiger partial charge in [0.25, 0.3) is 0 Å². The van der Waals surface area contributed by atoms with Crippen LogP contribution < -0.4 is 11.1 Å². The van der Waals surface area contributed by atoms with Gasteiger partial charge in [0.1, 0.15) is 6.17 Å². The van der Waals surface area contributed by atoms with Gasteiger partial charge in [-0.1, -0.05) is 0 Å². The molecule has 1 amide bonds. The number of amides is 1. The van der Waals surface area contributed by atoms with E-state index in [4.69, 9.17) is 15.2 Å². The Morgan fingerprint density at radius 2 is 2.12 bits per heavy atom. The molecule has 0 radical (unpaired) electrons. The Morgan fingerprint density at radius 1 is 1.44 bits per heavy atom. The van der Waals surface area contributed by atoms with E-state index in [0.717, 1.165) is 0 Å². The number of alkyl halides is 1. The highest BCUT2D eigenvalue weighted by Gasteiger charge is 2.16. The van der Waals surface area contributed by atoms with Crippen molar-refractivity contribution >= 4 is 5.91 Å². The summed E-state index contributed by atoms with van der Waals surface area (Å²) in [6.07, 6.45) is -1.77. The highest BCUT2D eigenvalue weighted by molar-refractivity contribution is 5.72. The monoisotopic (exact) mass is 236 g/mol. The lowest BCUT2D eigenvalue weighted by molar-refractivity contribution is -0.119. The van der Waals surface area contributed by atoms with E-state index >= 15 is 0 Å². The SMILES string of the molecule is CC(=O)NCC(F)C(C)OCCOCCN. The number of hydrogen-bond acceptors (Lipinski definition) is 4. The van der Waals surface area contributed by atoms with Crippen LogP contribution in [0.5, 0.6) is 0 Å². The van der Waals surface area contributed by atoms with Gasteiger partial charge in [-0.3, -0.25) is 4.79 Å². The molecule has 5 nitrogen and oxygen atoms in total. The summed E-state index contributed by atoms with van der Waals surface area (Å²) in [5.74, 6) is -0.249. The van der Waals surface area contributed by atoms with Crippen LogP contribution in [0.4, 0.5) is 4.39 Å². The molecular weight excluding hydrogens is 215 g/mol. The van der Waals surface area contributed by atoms with Gasteiger partial charge >= 0.3 is 0 Å². The molecule has 0 fully saturated rings. The molecule has 0 aliphatic carbocycles. The molecule has 6 heteroatoms. The fourth-order valence-corrected chi connectivity index (χ4v) is 0.990. The van der Waals surface area contributed by atoms with E-state index in [0.29, 0.717) is 26.4 Å². The van der Waals surface area contributed by atoms with Crippen LogP contribution in [0.15, 0.2) is 0 Å². The predicted octanol–water partition coefficient (Wildman–Crippen LogP) is -0.159. The molecule has 96 valence electrons. The standard InChI is InChI=1S/C10H21FN2O3/c1-8(10(11)7-13-9(2)14)16-6-5-15-4-3-12/h8,10H,3-7,12H2,1-2H3,(H,13,14). The van der Waals surface area contributed by atoms with Gasteiger partial charge < -0.3 is 20.5 Å². The molecule has 0 aliphatic rings. The molecule has 0 aromatic carbocycles. The number of halogens is 1. The van der Waals surface area contributed by atoms with Crippen molar-refractivity contribution in [2.24, 2.45) is 5.73 Å². The minimum Gasteiger partial charge on any atom is -0.378 e. The molecule has 0 saturated carbocycles. The molecule has 3 N–H and O–H groups in total. The fourth-order valence-electron chi connectivity index (χ4n) is 0.990. The van der Waals surface area contributed by atoms with Gasteiger partial charge in [-0.25, -0.2) is 4.39 Å². The van der Waals surface area contributed by atoms with Crippen molar-refractivity contribution in [3.8, 4) is 0 Å². The first-order chi connectivity index (χ1) is 7.57. The van der Waals surface area contributed by atoms with Crippen LogP contribution in [0.25, 0.3) is 0 Å². The Kier molecular flexibility index (Phi) is 9.07. The molecule has 0 spiro atoms. The maximum absolute atomic E-state index is 13.3. The largest absolute Gasteiger partial charge is 0.378 e. The van der Waals surface area contributed by atoms with E-state index in [2.05, 4.69) is 5.32 Å². The van der Waals surface area contributed by atoms with Crippen molar-refractivity contribution < 1.29 is 18.7 Å². The summed E-state index contributed by atoms with van der Waals surface area (Å²) in [6.45, 7) is 4.59. The van der Waals surface area contributed by atoms with E-state index in [1.165, 1.54) is 6.92 Å². The number of nitrogens with one attached hydrogen (secondary N) is 1. The Labute approximate surface area is 95.5 Å². The molecule has 0 saturated heterocycles. The number of ether oxygens (including phenoxy) is 2.